The van der Waals surface area contributed by atoms with Gasteiger partial charge in [0, 0.05) is 18.7 Å². The van der Waals surface area contributed by atoms with Crippen LogP contribution in [0.2, 0.25) is 5.02 Å². The summed E-state index contributed by atoms with van der Waals surface area (Å²) in [6, 6.07) is 1.94. The van der Waals surface area contributed by atoms with Crippen LogP contribution in [0.25, 0.3) is 0 Å². The predicted octanol–water partition coefficient (Wildman–Crippen LogP) is 2.71. The van der Waals surface area contributed by atoms with Gasteiger partial charge < -0.3 is 10.4 Å². The second kappa shape index (κ2) is 4.70. The van der Waals surface area contributed by atoms with Crippen LogP contribution in [0.15, 0.2) is 12.1 Å². The molecule has 1 aromatic rings. The van der Waals surface area contributed by atoms with Crippen LogP contribution in [0, 0.1) is 15.9 Å². The second-order valence-corrected chi connectivity index (χ2v) is 4.88. The molecule has 0 saturated heterocycles. The lowest BCUT2D eigenvalue weighted by molar-refractivity contribution is -0.384. The standard InChI is InChI=1S/C11H12ClFN2O3/c12-7-4-10(15(17)18)9(5-8(7)13)14-6-11(16)2-1-3-11/h4-5,14,16H,1-3,6H2. The molecule has 0 unspecified atom stereocenters. The van der Waals surface area contributed by atoms with Gasteiger partial charge >= 0.3 is 0 Å². The number of rotatable bonds is 4. The molecular formula is C11H12ClFN2O3. The van der Waals surface area contributed by atoms with E-state index in [0.717, 1.165) is 18.6 Å². The number of benzene rings is 1. The quantitative estimate of drug-likeness (QED) is 0.654. The summed E-state index contributed by atoms with van der Waals surface area (Å²) in [6.07, 6.45) is 2.21. The number of nitrogens with zero attached hydrogens (tertiary/aromatic N) is 1. The average Bonchev–Trinajstić information content (AvgIpc) is 2.27. The number of nitro groups is 1. The molecule has 0 atom stereocenters. The number of hydrogen-bond donors (Lipinski definition) is 2. The van der Waals surface area contributed by atoms with Crippen molar-refractivity contribution < 1.29 is 14.4 Å². The van der Waals surface area contributed by atoms with Crippen molar-refractivity contribution in [2.45, 2.75) is 24.9 Å². The molecular weight excluding hydrogens is 263 g/mol. The van der Waals surface area contributed by atoms with Crippen molar-refractivity contribution in [3.63, 3.8) is 0 Å². The Kier molecular flexibility index (Phi) is 3.41. The highest BCUT2D eigenvalue weighted by Crippen LogP contribution is 2.34. The van der Waals surface area contributed by atoms with Crippen LogP contribution in [0.3, 0.4) is 0 Å². The highest BCUT2D eigenvalue weighted by molar-refractivity contribution is 6.31. The van der Waals surface area contributed by atoms with Crippen molar-refractivity contribution in [2.24, 2.45) is 0 Å². The van der Waals surface area contributed by atoms with E-state index in [1.807, 2.05) is 0 Å². The number of anilines is 1. The molecule has 0 radical (unpaired) electrons. The summed E-state index contributed by atoms with van der Waals surface area (Å²) in [4.78, 5) is 10.2. The fourth-order valence-corrected chi connectivity index (χ4v) is 2.01. The van der Waals surface area contributed by atoms with Gasteiger partial charge in [-0.2, -0.15) is 0 Å². The third-order valence-corrected chi connectivity index (χ3v) is 3.42. The van der Waals surface area contributed by atoms with Gasteiger partial charge in [-0.25, -0.2) is 4.39 Å². The maximum Gasteiger partial charge on any atom is 0.294 e. The average molecular weight is 275 g/mol. The molecule has 0 spiro atoms. The topological polar surface area (TPSA) is 75.4 Å². The van der Waals surface area contributed by atoms with Gasteiger partial charge in [-0.1, -0.05) is 11.6 Å². The van der Waals surface area contributed by atoms with Crippen LogP contribution in [-0.4, -0.2) is 22.2 Å². The fraction of sp³-hybridized carbons (Fsp3) is 0.455. The summed E-state index contributed by atoms with van der Waals surface area (Å²) in [5.74, 6) is -0.731. The Bertz CT molecular complexity index is 491. The Morgan fingerprint density at radius 1 is 1.56 bits per heavy atom. The van der Waals surface area contributed by atoms with Gasteiger partial charge in [0.05, 0.1) is 15.5 Å². The van der Waals surface area contributed by atoms with Gasteiger partial charge in [-0.05, 0) is 19.3 Å². The molecule has 98 valence electrons. The highest BCUT2D eigenvalue weighted by Gasteiger charge is 2.34. The van der Waals surface area contributed by atoms with Crippen LogP contribution in [0.4, 0.5) is 15.8 Å². The van der Waals surface area contributed by atoms with Crippen molar-refractivity contribution in [2.75, 3.05) is 11.9 Å². The molecule has 1 saturated carbocycles. The zero-order valence-corrected chi connectivity index (χ0v) is 10.2. The minimum absolute atomic E-state index is 0.0298. The van der Waals surface area contributed by atoms with Crippen LogP contribution < -0.4 is 5.32 Å². The van der Waals surface area contributed by atoms with Gasteiger partial charge in [0.15, 0.2) is 0 Å². The van der Waals surface area contributed by atoms with Crippen molar-refractivity contribution >= 4 is 23.0 Å². The minimum atomic E-state index is -0.843. The minimum Gasteiger partial charge on any atom is -0.388 e. The summed E-state index contributed by atoms with van der Waals surface area (Å²) in [5, 5.41) is 23.1. The number of nitrogens with one attached hydrogen (secondary N) is 1. The first-order valence-electron chi connectivity index (χ1n) is 5.51. The summed E-state index contributed by atoms with van der Waals surface area (Å²) < 4.78 is 13.3. The highest BCUT2D eigenvalue weighted by atomic mass is 35.5. The van der Waals surface area contributed by atoms with E-state index in [2.05, 4.69) is 5.32 Å². The van der Waals surface area contributed by atoms with E-state index in [-0.39, 0.29) is 22.9 Å². The SMILES string of the molecule is O=[N+]([O-])c1cc(Cl)c(F)cc1NCC1(O)CCC1. The van der Waals surface area contributed by atoms with Crippen molar-refractivity contribution in [1.29, 1.82) is 0 Å². The lowest BCUT2D eigenvalue weighted by atomic mass is 9.80. The summed E-state index contributed by atoms with van der Waals surface area (Å²) in [7, 11) is 0. The van der Waals surface area contributed by atoms with E-state index < -0.39 is 16.3 Å². The number of nitro benzene ring substituents is 1. The zero-order chi connectivity index (χ0) is 13.3. The fourth-order valence-electron chi connectivity index (χ4n) is 1.85. The summed E-state index contributed by atoms with van der Waals surface area (Å²) >= 11 is 5.50. The lowest BCUT2D eigenvalue weighted by Crippen LogP contribution is -2.43. The van der Waals surface area contributed by atoms with E-state index >= 15 is 0 Å². The number of hydrogen-bond acceptors (Lipinski definition) is 4. The molecule has 0 heterocycles. The molecule has 1 fully saturated rings. The van der Waals surface area contributed by atoms with E-state index in [0.29, 0.717) is 12.8 Å². The predicted molar refractivity (Wildman–Crippen MR) is 65.4 cm³/mol. The first-order valence-corrected chi connectivity index (χ1v) is 5.89. The summed E-state index contributed by atoms with van der Waals surface area (Å²) in [5.41, 5.74) is -1.11. The van der Waals surface area contributed by atoms with E-state index in [9.17, 15) is 19.6 Å². The normalized spacial score (nSPS) is 17.1. The van der Waals surface area contributed by atoms with E-state index in [1.165, 1.54) is 0 Å². The van der Waals surface area contributed by atoms with Crippen molar-refractivity contribution in [3.05, 3.63) is 33.1 Å². The third kappa shape index (κ3) is 2.54. The van der Waals surface area contributed by atoms with Gasteiger partial charge in [0.2, 0.25) is 0 Å². The van der Waals surface area contributed by atoms with E-state index in [1.54, 1.807) is 0 Å². The Morgan fingerprint density at radius 3 is 2.72 bits per heavy atom. The molecule has 0 aliphatic heterocycles. The molecule has 0 aromatic heterocycles. The van der Waals surface area contributed by atoms with Gasteiger partial charge in [-0.15, -0.1) is 0 Å². The summed E-state index contributed by atoms with van der Waals surface area (Å²) in [6.45, 7) is 0.162. The molecule has 5 nitrogen and oxygen atoms in total. The molecule has 2 rings (SSSR count). The maximum absolute atomic E-state index is 13.3. The van der Waals surface area contributed by atoms with Crippen molar-refractivity contribution in [3.8, 4) is 0 Å². The lowest BCUT2D eigenvalue weighted by Gasteiger charge is -2.36. The molecule has 1 aliphatic rings. The smallest absolute Gasteiger partial charge is 0.294 e. The largest absolute Gasteiger partial charge is 0.388 e. The second-order valence-electron chi connectivity index (χ2n) is 4.47. The molecule has 0 bridgehead atoms. The molecule has 1 aromatic carbocycles. The molecule has 1 aliphatic carbocycles. The molecule has 18 heavy (non-hydrogen) atoms. The van der Waals surface area contributed by atoms with E-state index in [4.69, 9.17) is 11.6 Å². The van der Waals surface area contributed by atoms with Crippen molar-refractivity contribution in [1.82, 2.24) is 0 Å². The third-order valence-electron chi connectivity index (χ3n) is 3.13. The zero-order valence-electron chi connectivity index (χ0n) is 9.45. The Balaban J connectivity index is 2.20. The first-order chi connectivity index (χ1) is 8.41. The number of aliphatic hydroxyl groups is 1. The van der Waals surface area contributed by atoms with Crippen LogP contribution in [0.1, 0.15) is 19.3 Å². The molecule has 7 heteroatoms. The van der Waals surface area contributed by atoms with Crippen LogP contribution in [0.5, 0.6) is 0 Å². The first kappa shape index (κ1) is 13.0. The molecule has 2 N–H and O–H groups in total. The van der Waals surface area contributed by atoms with Gasteiger partial charge in [-0.3, -0.25) is 10.1 Å². The Labute approximate surface area is 108 Å². The van der Waals surface area contributed by atoms with Gasteiger partial charge in [0.1, 0.15) is 11.5 Å². The maximum atomic E-state index is 13.3. The molecule has 0 amide bonds. The Hall–Kier alpha value is -1.40. The monoisotopic (exact) mass is 274 g/mol. The van der Waals surface area contributed by atoms with Crippen LogP contribution >= 0.6 is 11.6 Å². The van der Waals surface area contributed by atoms with Crippen LogP contribution in [-0.2, 0) is 0 Å². The Morgan fingerprint density at radius 2 is 2.22 bits per heavy atom. The number of halogens is 2. The van der Waals surface area contributed by atoms with Gasteiger partial charge in [0.25, 0.3) is 5.69 Å².